The lowest BCUT2D eigenvalue weighted by Gasteiger charge is -2.10. The number of fused-ring (bicyclic) bond motifs is 1. The number of anilines is 1. The van der Waals surface area contributed by atoms with Crippen LogP contribution in [0.15, 0.2) is 33.2 Å². The van der Waals surface area contributed by atoms with Crippen LogP contribution in [0.5, 0.6) is 11.5 Å². The zero-order valence-corrected chi connectivity index (χ0v) is 13.7. The van der Waals surface area contributed by atoms with E-state index in [4.69, 9.17) is 9.47 Å². The van der Waals surface area contributed by atoms with Crippen molar-refractivity contribution in [3.05, 3.63) is 50.4 Å². The second-order valence-electron chi connectivity index (χ2n) is 4.41. The van der Waals surface area contributed by atoms with Gasteiger partial charge in [-0.3, -0.25) is 0 Å². The zero-order chi connectivity index (χ0) is 15.0. The number of halogens is 4. The van der Waals surface area contributed by atoms with Crippen molar-refractivity contribution in [2.45, 2.75) is 6.54 Å². The van der Waals surface area contributed by atoms with Gasteiger partial charge in [0.25, 0.3) is 0 Å². The SMILES string of the molecule is Fc1cc(NCc2cc(Br)c3c(c2)OCO3)c(F)cc1Br. The fraction of sp³-hybridized carbons (Fsp3) is 0.143. The minimum Gasteiger partial charge on any atom is -0.454 e. The van der Waals surface area contributed by atoms with E-state index in [1.807, 2.05) is 6.07 Å². The predicted molar refractivity (Wildman–Crippen MR) is 81.6 cm³/mol. The Bertz CT molecular complexity index is 710. The van der Waals surface area contributed by atoms with Crippen molar-refractivity contribution in [2.24, 2.45) is 0 Å². The maximum absolute atomic E-state index is 13.7. The molecular weight excluding hydrogens is 412 g/mol. The van der Waals surface area contributed by atoms with E-state index in [0.29, 0.717) is 18.0 Å². The van der Waals surface area contributed by atoms with Crippen molar-refractivity contribution in [3.8, 4) is 11.5 Å². The molecular formula is C14H9Br2F2NO2. The minimum atomic E-state index is -0.525. The molecule has 1 heterocycles. The van der Waals surface area contributed by atoms with Crippen LogP contribution < -0.4 is 14.8 Å². The minimum absolute atomic E-state index is 0.0939. The molecule has 0 bridgehead atoms. The van der Waals surface area contributed by atoms with E-state index in [-0.39, 0.29) is 17.0 Å². The average Bonchev–Trinajstić information content (AvgIpc) is 2.90. The van der Waals surface area contributed by atoms with Gasteiger partial charge in [0.1, 0.15) is 11.6 Å². The Balaban J connectivity index is 1.79. The van der Waals surface area contributed by atoms with Gasteiger partial charge < -0.3 is 14.8 Å². The fourth-order valence-electron chi connectivity index (χ4n) is 1.98. The maximum Gasteiger partial charge on any atom is 0.231 e. The monoisotopic (exact) mass is 419 g/mol. The van der Waals surface area contributed by atoms with Gasteiger partial charge in [-0.05, 0) is 55.6 Å². The van der Waals surface area contributed by atoms with Crippen molar-refractivity contribution >= 4 is 37.5 Å². The second-order valence-corrected chi connectivity index (χ2v) is 6.12. The number of hydrogen-bond acceptors (Lipinski definition) is 3. The van der Waals surface area contributed by atoms with Crippen LogP contribution in [0.3, 0.4) is 0 Å². The van der Waals surface area contributed by atoms with Crippen molar-refractivity contribution in [1.29, 1.82) is 0 Å². The summed E-state index contributed by atoms with van der Waals surface area (Å²) in [4.78, 5) is 0. The Hall–Kier alpha value is -1.34. The van der Waals surface area contributed by atoms with Crippen molar-refractivity contribution in [3.63, 3.8) is 0 Å². The molecule has 1 N–H and O–H groups in total. The molecule has 2 aromatic rings. The lowest BCUT2D eigenvalue weighted by Crippen LogP contribution is -2.02. The molecule has 0 aliphatic carbocycles. The third-order valence-corrected chi connectivity index (χ3v) is 4.18. The second kappa shape index (κ2) is 5.81. The Kier molecular flexibility index (Phi) is 4.03. The van der Waals surface area contributed by atoms with Crippen molar-refractivity contribution in [2.75, 3.05) is 12.1 Å². The maximum atomic E-state index is 13.7. The third kappa shape index (κ3) is 2.98. The summed E-state index contributed by atoms with van der Waals surface area (Å²) in [6.07, 6.45) is 0. The van der Waals surface area contributed by atoms with Crippen LogP contribution in [0.4, 0.5) is 14.5 Å². The first-order valence-corrected chi connectivity index (χ1v) is 7.59. The highest BCUT2D eigenvalue weighted by Crippen LogP contribution is 2.40. The third-order valence-electron chi connectivity index (χ3n) is 2.98. The van der Waals surface area contributed by atoms with Gasteiger partial charge in [0.05, 0.1) is 14.6 Å². The van der Waals surface area contributed by atoms with E-state index in [1.54, 1.807) is 6.07 Å². The van der Waals surface area contributed by atoms with Crippen LogP contribution in [-0.4, -0.2) is 6.79 Å². The normalized spacial score (nSPS) is 12.6. The van der Waals surface area contributed by atoms with E-state index >= 15 is 0 Å². The lowest BCUT2D eigenvalue weighted by atomic mass is 10.2. The number of hydrogen-bond donors (Lipinski definition) is 1. The Morgan fingerprint density at radius 2 is 1.81 bits per heavy atom. The van der Waals surface area contributed by atoms with E-state index in [9.17, 15) is 8.78 Å². The summed E-state index contributed by atoms with van der Waals surface area (Å²) in [5.41, 5.74) is 0.957. The smallest absolute Gasteiger partial charge is 0.231 e. The molecule has 0 radical (unpaired) electrons. The Morgan fingerprint density at radius 3 is 2.62 bits per heavy atom. The molecule has 0 amide bonds. The van der Waals surface area contributed by atoms with Crippen molar-refractivity contribution in [1.82, 2.24) is 0 Å². The molecule has 0 fully saturated rings. The Labute approximate surface area is 136 Å². The van der Waals surface area contributed by atoms with E-state index in [0.717, 1.165) is 22.2 Å². The summed E-state index contributed by atoms with van der Waals surface area (Å²) >= 11 is 6.33. The summed E-state index contributed by atoms with van der Waals surface area (Å²) < 4.78 is 38.6. The molecule has 1 aliphatic rings. The summed E-state index contributed by atoms with van der Waals surface area (Å²) in [5, 5.41) is 2.86. The van der Waals surface area contributed by atoms with E-state index in [1.165, 1.54) is 0 Å². The summed E-state index contributed by atoms with van der Waals surface area (Å²) in [7, 11) is 0. The van der Waals surface area contributed by atoms with E-state index in [2.05, 4.69) is 37.2 Å². The van der Waals surface area contributed by atoms with Crippen LogP contribution in [0.2, 0.25) is 0 Å². The predicted octanol–water partition coefficient (Wildman–Crippen LogP) is 4.83. The van der Waals surface area contributed by atoms with Gasteiger partial charge in [-0.2, -0.15) is 0 Å². The van der Waals surface area contributed by atoms with Crippen LogP contribution >= 0.6 is 31.9 Å². The fourth-order valence-corrected chi connectivity index (χ4v) is 2.90. The largest absolute Gasteiger partial charge is 0.454 e. The highest BCUT2D eigenvalue weighted by Gasteiger charge is 2.18. The molecule has 3 rings (SSSR count). The van der Waals surface area contributed by atoms with Gasteiger partial charge in [0.2, 0.25) is 6.79 Å². The quantitative estimate of drug-likeness (QED) is 0.721. The van der Waals surface area contributed by atoms with Crippen molar-refractivity contribution < 1.29 is 18.3 Å². The molecule has 21 heavy (non-hydrogen) atoms. The number of rotatable bonds is 3. The van der Waals surface area contributed by atoms with Gasteiger partial charge in [-0.1, -0.05) is 0 Å². The molecule has 0 saturated carbocycles. The van der Waals surface area contributed by atoms with Gasteiger partial charge in [0, 0.05) is 12.6 Å². The summed E-state index contributed by atoms with van der Waals surface area (Å²) in [6.45, 7) is 0.505. The van der Waals surface area contributed by atoms with Crippen LogP contribution in [0.1, 0.15) is 5.56 Å². The molecule has 0 aromatic heterocycles. The lowest BCUT2D eigenvalue weighted by molar-refractivity contribution is 0.173. The first-order valence-electron chi connectivity index (χ1n) is 6.01. The first-order chi connectivity index (χ1) is 10.0. The zero-order valence-electron chi connectivity index (χ0n) is 10.6. The molecule has 0 unspecified atom stereocenters. The number of nitrogens with one attached hydrogen (secondary N) is 1. The van der Waals surface area contributed by atoms with Gasteiger partial charge in [-0.15, -0.1) is 0 Å². The topological polar surface area (TPSA) is 30.5 Å². The molecule has 0 spiro atoms. The van der Waals surface area contributed by atoms with Gasteiger partial charge >= 0.3 is 0 Å². The molecule has 7 heteroatoms. The van der Waals surface area contributed by atoms with Gasteiger partial charge in [0.15, 0.2) is 11.5 Å². The highest BCUT2D eigenvalue weighted by atomic mass is 79.9. The standard InChI is InChI=1S/C14H9Br2F2NO2/c15-8-3-11(18)12(4-10(8)17)19-5-7-1-9(16)14-13(2-7)20-6-21-14/h1-4,19H,5-6H2. The summed E-state index contributed by atoms with van der Waals surface area (Å²) in [5.74, 6) is 0.233. The molecule has 1 aliphatic heterocycles. The molecule has 2 aromatic carbocycles. The molecule has 110 valence electrons. The molecule has 3 nitrogen and oxygen atoms in total. The summed E-state index contributed by atoms with van der Waals surface area (Å²) in [6, 6.07) is 5.84. The van der Waals surface area contributed by atoms with Crippen LogP contribution in [0.25, 0.3) is 0 Å². The van der Waals surface area contributed by atoms with E-state index < -0.39 is 11.6 Å². The first kappa shape index (κ1) is 14.6. The number of ether oxygens (including phenoxy) is 2. The number of benzene rings is 2. The molecule has 0 atom stereocenters. The Morgan fingerprint density at radius 1 is 1.00 bits per heavy atom. The average molecular weight is 421 g/mol. The van der Waals surface area contributed by atoms with Crippen LogP contribution in [0, 0.1) is 11.6 Å². The highest BCUT2D eigenvalue weighted by molar-refractivity contribution is 9.10. The van der Waals surface area contributed by atoms with Gasteiger partial charge in [-0.25, -0.2) is 8.78 Å². The van der Waals surface area contributed by atoms with Crippen LogP contribution in [-0.2, 0) is 6.54 Å². The molecule has 0 saturated heterocycles.